The number of nitrogens with zero attached hydrogens (tertiary/aromatic N) is 1. The van der Waals surface area contributed by atoms with E-state index in [0.29, 0.717) is 17.7 Å². The van der Waals surface area contributed by atoms with Crippen molar-refractivity contribution in [2.75, 3.05) is 13.2 Å². The van der Waals surface area contributed by atoms with Crippen molar-refractivity contribution < 1.29 is 9.53 Å². The molecule has 1 saturated carbocycles. The van der Waals surface area contributed by atoms with Gasteiger partial charge in [0.1, 0.15) is 0 Å². The van der Waals surface area contributed by atoms with Crippen molar-refractivity contribution in [3.05, 3.63) is 0 Å². The average Bonchev–Trinajstić information content (AvgIpc) is 3.13. The normalized spacial score (nSPS) is 34.6. The Bertz CT molecular complexity index is 371. The van der Waals surface area contributed by atoms with Gasteiger partial charge in [0.25, 0.3) is 0 Å². The molecule has 2 heterocycles. The lowest BCUT2D eigenvalue weighted by Crippen LogP contribution is -2.49. The lowest BCUT2D eigenvalue weighted by atomic mass is 9.95. The molecule has 0 aromatic rings. The minimum atomic E-state index is -0.247. The van der Waals surface area contributed by atoms with E-state index < -0.39 is 0 Å². The number of ether oxygens (including phenoxy) is 1. The Balaban J connectivity index is 1.84. The number of amides is 1. The fourth-order valence-electron chi connectivity index (χ4n) is 4.21. The van der Waals surface area contributed by atoms with Gasteiger partial charge in [-0.2, -0.15) is 0 Å². The summed E-state index contributed by atoms with van der Waals surface area (Å²) in [6, 6.07) is 0.282. The molecule has 3 rings (SSSR count). The highest BCUT2D eigenvalue weighted by molar-refractivity contribution is 5.89. The van der Waals surface area contributed by atoms with Crippen molar-refractivity contribution in [1.29, 1.82) is 0 Å². The van der Waals surface area contributed by atoms with E-state index >= 15 is 0 Å². The number of nitrogens with one attached hydrogen (secondary N) is 1. The van der Waals surface area contributed by atoms with Crippen LogP contribution in [0.2, 0.25) is 0 Å². The third-order valence-electron chi connectivity index (χ3n) is 5.54. The van der Waals surface area contributed by atoms with Crippen LogP contribution >= 0.6 is 0 Å². The van der Waals surface area contributed by atoms with Gasteiger partial charge < -0.3 is 9.64 Å². The predicted molar refractivity (Wildman–Crippen MR) is 78.2 cm³/mol. The SMILES string of the molecule is CC(C)C1NC2(CCCC2)C(=O)N1C(C)C1CCOC1. The minimum Gasteiger partial charge on any atom is -0.381 e. The number of rotatable bonds is 3. The van der Waals surface area contributed by atoms with Crippen LogP contribution in [0.4, 0.5) is 0 Å². The molecule has 4 heteroatoms. The summed E-state index contributed by atoms with van der Waals surface area (Å²) in [4.78, 5) is 15.2. The zero-order valence-corrected chi connectivity index (χ0v) is 13.0. The van der Waals surface area contributed by atoms with Gasteiger partial charge in [0, 0.05) is 18.6 Å². The maximum absolute atomic E-state index is 13.1. The molecule has 0 radical (unpaired) electrons. The Labute approximate surface area is 122 Å². The number of hydrogen-bond acceptors (Lipinski definition) is 3. The molecule has 2 saturated heterocycles. The monoisotopic (exact) mass is 280 g/mol. The molecule has 20 heavy (non-hydrogen) atoms. The quantitative estimate of drug-likeness (QED) is 0.861. The van der Waals surface area contributed by atoms with Crippen LogP contribution < -0.4 is 5.32 Å². The maximum atomic E-state index is 13.1. The zero-order chi connectivity index (χ0) is 14.3. The highest BCUT2D eigenvalue weighted by Gasteiger charge is 2.54. The van der Waals surface area contributed by atoms with Gasteiger partial charge in [0.15, 0.2) is 0 Å². The fourth-order valence-corrected chi connectivity index (χ4v) is 4.21. The molecule has 114 valence electrons. The van der Waals surface area contributed by atoms with Crippen LogP contribution in [0.1, 0.15) is 52.9 Å². The third kappa shape index (κ3) is 2.17. The Morgan fingerprint density at radius 3 is 2.55 bits per heavy atom. The predicted octanol–water partition coefficient (Wildman–Crippen LogP) is 2.14. The summed E-state index contributed by atoms with van der Waals surface area (Å²) in [6.07, 6.45) is 5.66. The number of hydrogen-bond donors (Lipinski definition) is 1. The van der Waals surface area contributed by atoms with Gasteiger partial charge in [-0.25, -0.2) is 0 Å². The molecule has 2 aliphatic heterocycles. The fraction of sp³-hybridized carbons (Fsp3) is 0.938. The summed E-state index contributed by atoms with van der Waals surface area (Å²) in [5, 5.41) is 3.71. The largest absolute Gasteiger partial charge is 0.381 e. The lowest BCUT2D eigenvalue weighted by molar-refractivity contribution is -0.136. The van der Waals surface area contributed by atoms with Crippen LogP contribution in [0.5, 0.6) is 0 Å². The Morgan fingerprint density at radius 1 is 1.30 bits per heavy atom. The summed E-state index contributed by atoms with van der Waals surface area (Å²) in [5.74, 6) is 1.30. The summed E-state index contributed by atoms with van der Waals surface area (Å²) < 4.78 is 5.53. The van der Waals surface area contributed by atoms with Crippen molar-refractivity contribution in [2.24, 2.45) is 11.8 Å². The smallest absolute Gasteiger partial charge is 0.244 e. The number of carbonyl (C=O) groups is 1. The second kappa shape index (κ2) is 5.30. The van der Waals surface area contributed by atoms with Crippen LogP contribution in [0.15, 0.2) is 0 Å². The first-order valence-electron chi connectivity index (χ1n) is 8.23. The van der Waals surface area contributed by atoms with Crippen molar-refractivity contribution >= 4 is 5.91 Å². The topological polar surface area (TPSA) is 41.6 Å². The second-order valence-corrected chi connectivity index (χ2v) is 7.20. The van der Waals surface area contributed by atoms with Gasteiger partial charge in [-0.15, -0.1) is 0 Å². The van der Waals surface area contributed by atoms with Gasteiger partial charge in [-0.1, -0.05) is 26.7 Å². The van der Waals surface area contributed by atoms with Crippen molar-refractivity contribution in [3.8, 4) is 0 Å². The minimum absolute atomic E-state index is 0.191. The molecule has 3 fully saturated rings. The first kappa shape index (κ1) is 14.3. The molecule has 3 atom stereocenters. The standard InChI is InChI=1S/C16H28N2O2/c1-11(2)14-17-16(7-4-5-8-16)15(19)18(14)12(3)13-6-9-20-10-13/h11-14,17H,4-10H2,1-3H3. The second-order valence-electron chi connectivity index (χ2n) is 7.20. The Kier molecular flexibility index (Phi) is 3.80. The molecule has 0 bridgehead atoms. The molecule has 1 spiro atoms. The van der Waals surface area contributed by atoms with E-state index in [2.05, 4.69) is 31.0 Å². The lowest BCUT2D eigenvalue weighted by Gasteiger charge is -2.35. The molecular weight excluding hydrogens is 252 g/mol. The van der Waals surface area contributed by atoms with Crippen LogP contribution in [0.25, 0.3) is 0 Å². The van der Waals surface area contributed by atoms with Crippen LogP contribution in [0.3, 0.4) is 0 Å². The zero-order valence-electron chi connectivity index (χ0n) is 13.0. The van der Waals surface area contributed by atoms with E-state index in [-0.39, 0.29) is 17.7 Å². The van der Waals surface area contributed by atoms with E-state index in [0.717, 1.165) is 32.5 Å². The van der Waals surface area contributed by atoms with E-state index in [9.17, 15) is 4.79 Å². The van der Waals surface area contributed by atoms with Crippen LogP contribution in [-0.2, 0) is 9.53 Å². The third-order valence-corrected chi connectivity index (χ3v) is 5.54. The summed E-state index contributed by atoms with van der Waals surface area (Å²) in [6.45, 7) is 8.29. The molecule has 3 aliphatic rings. The molecule has 0 aromatic carbocycles. The first-order valence-corrected chi connectivity index (χ1v) is 8.23. The van der Waals surface area contributed by atoms with E-state index in [1.165, 1.54) is 12.8 Å². The average molecular weight is 280 g/mol. The molecule has 3 unspecified atom stereocenters. The molecule has 1 N–H and O–H groups in total. The molecular formula is C16H28N2O2. The summed E-state index contributed by atoms with van der Waals surface area (Å²) in [5.41, 5.74) is -0.247. The van der Waals surface area contributed by atoms with Crippen LogP contribution in [-0.4, -0.2) is 41.8 Å². The highest BCUT2D eigenvalue weighted by Crippen LogP contribution is 2.40. The van der Waals surface area contributed by atoms with Gasteiger partial charge >= 0.3 is 0 Å². The van der Waals surface area contributed by atoms with Gasteiger partial charge in [-0.05, 0) is 32.1 Å². The molecule has 0 aromatic heterocycles. The van der Waals surface area contributed by atoms with Gasteiger partial charge in [0.2, 0.25) is 5.91 Å². The van der Waals surface area contributed by atoms with E-state index in [4.69, 9.17) is 4.74 Å². The van der Waals surface area contributed by atoms with Gasteiger partial charge in [0.05, 0.1) is 18.3 Å². The molecule has 1 amide bonds. The number of carbonyl (C=O) groups excluding carboxylic acids is 1. The molecule has 1 aliphatic carbocycles. The van der Waals surface area contributed by atoms with Crippen molar-refractivity contribution in [1.82, 2.24) is 10.2 Å². The maximum Gasteiger partial charge on any atom is 0.244 e. The Hall–Kier alpha value is -0.610. The van der Waals surface area contributed by atoms with Crippen molar-refractivity contribution in [2.45, 2.75) is 70.6 Å². The summed E-state index contributed by atoms with van der Waals surface area (Å²) >= 11 is 0. The van der Waals surface area contributed by atoms with Crippen molar-refractivity contribution in [3.63, 3.8) is 0 Å². The highest BCUT2D eigenvalue weighted by atomic mass is 16.5. The Morgan fingerprint density at radius 2 is 2.00 bits per heavy atom. The molecule has 4 nitrogen and oxygen atoms in total. The van der Waals surface area contributed by atoms with Gasteiger partial charge in [-0.3, -0.25) is 10.1 Å². The van der Waals surface area contributed by atoms with E-state index in [1.54, 1.807) is 0 Å². The first-order chi connectivity index (χ1) is 9.55. The van der Waals surface area contributed by atoms with E-state index in [1.807, 2.05) is 0 Å². The summed E-state index contributed by atoms with van der Waals surface area (Å²) in [7, 11) is 0. The van der Waals surface area contributed by atoms with Crippen LogP contribution in [0, 0.1) is 11.8 Å².